The number of hydrogen-bond donors (Lipinski definition) is 2. The van der Waals surface area contributed by atoms with Crippen LogP contribution in [-0.2, 0) is 14.9 Å². The molecular formula is C22H32N4O3. The van der Waals surface area contributed by atoms with Crippen LogP contribution in [-0.4, -0.2) is 80.3 Å². The molecule has 2 heterocycles. The van der Waals surface area contributed by atoms with E-state index < -0.39 is 0 Å². The van der Waals surface area contributed by atoms with Gasteiger partial charge < -0.3 is 20.3 Å². The van der Waals surface area contributed by atoms with Crippen molar-refractivity contribution in [2.75, 3.05) is 52.5 Å². The number of benzene rings is 1. The Hall–Kier alpha value is -2.12. The number of piperazine rings is 1. The second-order valence-electron chi connectivity index (χ2n) is 8.52. The first-order chi connectivity index (χ1) is 14.1. The van der Waals surface area contributed by atoms with Crippen molar-refractivity contribution in [2.45, 2.75) is 37.1 Å². The average Bonchev–Trinajstić information content (AvgIpc) is 3.58. The molecular weight excluding hydrogens is 368 g/mol. The van der Waals surface area contributed by atoms with E-state index in [-0.39, 0.29) is 17.4 Å². The van der Waals surface area contributed by atoms with Crippen molar-refractivity contribution >= 4 is 11.9 Å². The molecule has 7 nitrogen and oxygen atoms in total. The molecule has 4 rings (SSSR count). The Bertz CT molecular complexity index is 693. The second-order valence-corrected chi connectivity index (χ2v) is 8.52. The van der Waals surface area contributed by atoms with Crippen molar-refractivity contribution in [3.8, 4) is 0 Å². The van der Waals surface area contributed by atoms with E-state index in [1.54, 1.807) is 0 Å². The average molecular weight is 401 g/mol. The molecule has 1 aromatic rings. The fraction of sp³-hybridized carbons (Fsp3) is 0.636. The van der Waals surface area contributed by atoms with Gasteiger partial charge in [-0.25, -0.2) is 4.79 Å². The number of nitrogens with zero attached hydrogens (tertiary/aromatic N) is 2. The van der Waals surface area contributed by atoms with Crippen LogP contribution in [0, 0.1) is 0 Å². The highest BCUT2D eigenvalue weighted by atomic mass is 16.5. The lowest BCUT2D eigenvalue weighted by Gasteiger charge is -2.39. The standard InChI is InChI=1S/C22H32N4O3/c27-20(24-19-6-7-19)16-25-10-12-26(13-11-25)21(28)23-17-22(8-14-29-15-9-22)18-4-2-1-3-5-18/h1-5,19H,6-17H2,(H,23,28)(H,24,27). The maximum atomic E-state index is 12.8. The number of carbonyl (C=O) groups excluding carboxylic acids is 2. The van der Waals surface area contributed by atoms with Gasteiger partial charge in [0.15, 0.2) is 0 Å². The zero-order chi connectivity index (χ0) is 20.1. The summed E-state index contributed by atoms with van der Waals surface area (Å²) in [6.07, 6.45) is 4.05. The number of amides is 3. The molecule has 0 unspecified atom stereocenters. The van der Waals surface area contributed by atoms with Crippen molar-refractivity contribution < 1.29 is 14.3 Å². The minimum Gasteiger partial charge on any atom is -0.381 e. The summed E-state index contributed by atoms with van der Waals surface area (Å²) >= 11 is 0. The number of nitrogens with one attached hydrogen (secondary N) is 2. The van der Waals surface area contributed by atoms with Crippen molar-refractivity contribution in [3.05, 3.63) is 35.9 Å². The minimum atomic E-state index is -0.0576. The summed E-state index contributed by atoms with van der Waals surface area (Å²) < 4.78 is 5.58. The third-order valence-electron chi connectivity index (χ3n) is 6.38. The van der Waals surface area contributed by atoms with E-state index in [1.165, 1.54) is 5.56 Å². The Morgan fingerprint density at radius 3 is 2.38 bits per heavy atom. The van der Waals surface area contributed by atoms with Crippen LogP contribution in [0.4, 0.5) is 4.79 Å². The van der Waals surface area contributed by atoms with Crippen LogP contribution in [0.25, 0.3) is 0 Å². The van der Waals surface area contributed by atoms with Crippen molar-refractivity contribution in [3.63, 3.8) is 0 Å². The zero-order valence-electron chi connectivity index (χ0n) is 17.1. The van der Waals surface area contributed by atoms with E-state index in [0.29, 0.717) is 32.2 Å². The zero-order valence-corrected chi connectivity index (χ0v) is 17.1. The molecule has 2 aliphatic heterocycles. The molecule has 3 amide bonds. The molecule has 0 aromatic heterocycles. The monoisotopic (exact) mass is 400 g/mol. The lowest BCUT2D eigenvalue weighted by Crippen LogP contribution is -2.55. The van der Waals surface area contributed by atoms with E-state index in [0.717, 1.165) is 52.0 Å². The van der Waals surface area contributed by atoms with Gasteiger partial charge in [-0.15, -0.1) is 0 Å². The summed E-state index contributed by atoms with van der Waals surface area (Å²) in [6.45, 7) is 5.31. The number of rotatable bonds is 6. The normalized spacial score (nSPS) is 22.1. The second kappa shape index (κ2) is 9.13. The molecule has 7 heteroatoms. The third kappa shape index (κ3) is 5.28. The van der Waals surface area contributed by atoms with E-state index >= 15 is 0 Å². The summed E-state index contributed by atoms with van der Waals surface area (Å²) in [5.41, 5.74) is 1.22. The molecule has 2 N–H and O–H groups in total. The highest BCUT2D eigenvalue weighted by Crippen LogP contribution is 2.34. The number of hydrogen-bond acceptors (Lipinski definition) is 4. The van der Waals surface area contributed by atoms with Crippen LogP contribution < -0.4 is 10.6 Å². The third-order valence-corrected chi connectivity index (χ3v) is 6.38. The molecule has 0 radical (unpaired) electrons. The van der Waals surface area contributed by atoms with Crippen LogP contribution in [0.3, 0.4) is 0 Å². The Morgan fingerprint density at radius 2 is 1.72 bits per heavy atom. The molecule has 2 saturated heterocycles. The Balaban J connectivity index is 1.26. The lowest BCUT2D eigenvalue weighted by molar-refractivity contribution is -0.122. The van der Waals surface area contributed by atoms with E-state index in [9.17, 15) is 9.59 Å². The van der Waals surface area contributed by atoms with Crippen LogP contribution in [0.15, 0.2) is 30.3 Å². The summed E-state index contributed by atoms with van der Waals surface area (Å²) in [5, 5.41) is 6.21. The van der Waals surface area contributed by atoms with Gasteiger partial charge in [-0.05, 0) is 31.2 Å². The van der Waals surface area contributed by atoms with Gasteiger partial charge in [-0.1, -0.05) is 30.3 Å². The van der Waals surface area contributed by atoms with Crippen LogP contribution in [0.5, 0.6) is 0 Å². The number of carbonyl (C=O) groups is 2. The largest absolute Gasteiger partial charge is 0.381 e. The SMILES string of the molecule is O=C(CN1CCN(C(=O)NCC2(c3ccccc3)CCOCC2)CC1)NC1CC1. The van der Waals surface area contributed by atoms with Crippen LogP contribution in [0.2, 0.25) is 0 Å². The minimum absolute atomic E-state index is 0.00567. The topological polar surface area (TPSA) is 73.9 Å². The first-order valence-electron chi connectivity index (χ1n) is 10.8. The molecule has 158 valence electrons. The molecule has 29 heavy (non-hydrogen) atoms. The van der Waals surface area contributed by atoms with Gasteiger partial charge in [0.05, 0.1) is 6.54 Å². The summed E-state index contributed by atoms with van der Waals surface area (Å²) in [6, 6.07) is 10.9. The molecule has 3 fully saturated rings. The Labute approximate surface area is 172 Å². The summed E-state index contributed by atoms with van der Waals surface area (Å²) in [7, 11) is 0. The molecule has 3 aliphatic rings. The molecule has 0 bridgehead atoms. The van der Waals surface area contributed by atoms with Gasteiger partial charge >= 0.3 is 6.03 Å². The molecule has 1 aliphatic carbocycles. The number of urea groups is 1. The van der Waals surface area contributed by atoms with Gasteiger partial charge in [-0.3, -0.25) is 9.69 Å². The van der Waals surface area contributed by atoms with E-state index in [1.807, 2.05) is 11.0 Å². The van der Waals surface area contributed by atoms with Crippen molar-refractivity contribution in [1.29, 1.82) is 0 Å². The molecule has 0 atom stereocenters. The highest BCUT2D eigenvalue weighted by molar-refractivity contribution is 5.78. The molecule has 1 aromatic carbocycles. The predicted octanol–water partition coefficient (Wildman–Crippen LogP) is 1.34. The predicted molar refractivity (Wildman–Crippen MR) is 111 cm³/mol. The van der Waals surface area contributed by atoms with Gasteiger partial charge in [-0.2, -0.15) is 0 Å². The van der Waals surface area contributed by atoms with E-state index in [4.69, 9.17) is 4.74 Å². The van der Waals surface area contributed by atoms with Gasteiger partial charge in [0, 0.05) is 57.4 Å². The Kier molecular flexibility index (Phi) is 6.35. The molecule has 1 saturated carbocycles. The highest BCUT2D eigenvalue weighted by Gasteiger charge is 2.35. The smallest absolute Gasteiger partial charge is 0.317 e. The van der Waals surface area contributed by atoms with Crippen LogP contribution in [0.1, 0.15) is 31.2 Å². The van der Waals surface area contributed by atoms with E-state index in [2.05, 4.69) is 39.8 Å². The lowest BCUT2D eigenvalue weighted by atomic mass is 9.74. The quantitative estimate of drug-likeness (QED) is 0.756. The number of ether oxygens (including phenoxy) is 1. The van der Waals surface area contributed by atoms with Gasteiger partial charge in [0.1, 0.15) is 0 Å². The maximum absolute atomic E-state index is 12.8. The Morgan fingerprint density at radius 1 is 1.03 bits per heavy atom. The van der Waals surface area contributed by atoms with Gasteiger partial charge in [0.25, 0.3) is 0 Å². The fourth-order valence-corrected chi connectivity index (χ4v) is 4.29. The van der Waals surface area contributed by atoms with Crippen molar-refractivity contribution in [2.24, 2.45) is 0 Å². The van der Waals surface area contributed by atoms with Crippen LogP contribution >= 0.6 is 0 Å². The van der Waals surface area contributed by atoms with Crippen molar-refractivity contribution in [1.82, 2.24) is 20.4 Å². The maximum Gasteiger partial charge on any atom is 0.317 e. The van der Waals surface area contributed by atoms with Gasteiger partial charge in [0.2, 0.25) is 5.91 Å². The summed E-state index contributed by atoms with van der Waals surface area (Å²) in [5.74, 6) is 0.106. The first kappa shape index (κ1) is 20.2. The first-order valence-corrected chi connectivity index (χ1v) is 10.8. The fourth-order valence-electron chi connectivity index (χ4n) is 4.29. The summed E-state index contributed by atoms with van der Waals surface area (Å²) in [4.78, 5) is 28.8. The molecule has 0 spiro atoms.